The van der Waals surface area contributed by atoms with Crippen molar-refractivity contribution in [2.45, 2.75) is 12.5 Å². The van der Waals surface area contributed by atoms with E-state index in [2.05, 4.69) is 35.3 Å². The molecule has 3 aromatic carbocycles. The van der Waals surface area contributed by atoms with Gasteiger partial charge in [0.1, 0.15) is 5.84 Å². The normalized spacial score (nSPS) is 18.3. The minimum absolute atomic E-state index is 0.0842. The average Bonchev–Trinajstić information content (AvgIpc) is 3.44. The predicted octanol–water partition coefficient (Wildman–Crippen LogP) is 5.27. The summed E-state index contributed by atoms with van der Waals surface area (Å²) in [5, 5.41) is 9.03. The molecular formula is C24H21N3O3S. The number of benzene rings is 3. The van der Waals surface area contributed by atoms with Gasteiger partial charge in [0.15, 0.2) is 11.5 Å². The number of amidine groups is 1. The molecule has 0 spiro atoms. The Balaban J connectivity index is 1.59. The van der Waals surface area contributed by atoms with Crippen molar-refractivity contribution in [3.8, 4) is 11.5 Å². The minimum Gasteiger partial charge on any atom is -0.493 e. The number of ether oxygens (including phenoxy) is 2. The molecule has 1 unspecified atom stereocenters. The lowest BCUT2D eigenvalue weighted by molar-refractivity contribution is 0.267. The minimum atomic E-state index is -0.171. The van der Waals surface area contributed by atoms with Gasteiger partial charge in [-0.25, -0.2) is 5.01 Å². The first-order valence-corrected chi connectivity index (χ1v) is 11.0. The van der Waals surface area contributed by atoms with E-state index in [9.17, 15) is 4.79 Å². The van der Waals surface area contributed by atoms with Crippen LogP contribution >= 0.6 is 11.8 Å². The van der Waals surface area contributed by atoms with E-state index in [1.165, 1.54) is 17.1 Å². The summed E-state index contributed by atoms with van der Waals surface area (Å²) in [6.45, 7) is 0. The second-order valence-electron chi connectivity index (χ2n) is 7.33. The fraction of sp³-hybridized carbons (Fsp3) is 0.208. The number of aliphatic imine (C=N–C) groups is 1. The van der Waals surface area contributed by atoms with Gasteiger partial charge >= 0.3 is 5.24 Å². The molecule has 3 aromatic rings. The summed E-state index contributed by atoms with van der Waals surface area (Å²) in [6, 6.07) is 20.4. The molecule has 0 aliphatic carbocycles. The first-order chi connectivity index (χ1) is 15.2. The van der Waals surface area contributed by atoms with E-state index in [4.69, 9.17) is 14.6 Å². The molecule has 0 N–H and O–H groups in total. The highest BCUT2D eigenvalue weighted by molar-refractivity contribution is 8.14. The number of carbonyl (C=O) groups is 1. The van der Waals surface area contributed by atoms with E-state index in [0.29, 0.717) is 29.5 Å². The Morgan fingerprint density at radius 2 is 1.81 bits per heavy atom. The van der Waals surface area contributed by atoms with Crippen molar-refractivity contribution in [1.29, 1.82) is 0 Å². The molecule has 5 rings (SSSR count). The van der Waals surface area contributed by atoms with Gasteiger partial charge in [-0.1, -0.05) is 60.3 Å². The lowest BCUT2D eigenvalue weighted by Crippen LogP contribution is -2.27. The summed E-state index contributed by atoms with van der Waals surface area (Å²) in [5.74, 6) is 2.55. The number of hydrogen-bond donors (Lipinski definition) is 0. The van der Waals surface area contributed by atoms with Gasteiger partial charge in [-0.15, -0.1) is 0 Å². The molecule has 0 saturated heterocycles. The largest absolute Gasteiger partial charge is 0.493 e. The Bertz CT molecular complexity index is 1230. The van der Waals surface area contributed by atoms with Gasteiger partial charge in [0.05, 0.1) is 31.7 Å². The molecule has 2 heterocycles. The molecule has 2 aliphatic heterocycles. The van der Waals surface area contributed by atoms with Crippen LogP contribution in [0.25, 0.3) is 10.8 Å². The number of carbonyl (C=O) groups excluding carboxylic acids is 1. The maximum absolute atomic E-state index is 11.8. The third kappa shape index (κ3) is 3.55. The molecule has 156 valence electrons. The lowest BCUT2D eigenvalue weighted by Gasteiger charge is -2.23. The zero-order valence-electron chi connectivity index (χ0n) is 17.2. The topological polar surface area (TPSA) is 63.5 Å². The van der Waals surface area contributed by atoms with Crippen LogP contribution in [0.1, 0.15) is 23.6 Å². The molecule has 2 aliphatic rings. The zero-order chi connectivity index (χ0) is 21.4. The van der Waals surface area contributed by atoms with Crippen LogP contribution < -0.4 is 9.47 Å². The van der Waals surface area contributed by atoms with Crippen LogP contribution in [-0.4, -0.2) is 41.8 Å². The van der Waals surface area contributed by atoms with Gasteiger partial charge in [-0.05, 0) is 28.5 Å². The average molecular weight is 432 g/mol. The van der Waals surface area contributed by atoms with E-state index in [-0.39, 0.29) is 11.3 Å². The van der Waals surface area contributed by atoms with Gasteiger partial charge in [0.25, 0.3) is 0 Å². The molecule has 0 bridgehead atoms. The number of rotatable bonds is 4. The van der Waals surface area contributed by atoms with Gasteiger partial charge < -0.3 is 9.47 Å². The van der Waals surface area contributed by atoms with Crippen LogP contribution in [-0.2, 0) is 0 Å². The molecule has 0 fully saturated rings. The van der Waals surface area contributed by atoms with Crippen molar-refractivity contribution >= 4 is 39.3 Å². The third-order valence-corrected chi connectivity index (χ3v) is 6.35. The van der Waals surface area contributed by atoms with Gasteiger partial charge in [0.2, 0.25) is 0 Å². The van der Waals surface area contributed by atoms with E-state index in [1.54, 1.807) is 14.2 Å². The summed E-state index contributed by atoms with van der Waals surface area (Å²) in [5.41, 5.74) is 3.11. The van der Waals surface area contributed by atoms with Crippen molar-refractivity contribution in [1.82, 2.24) is 5.01 Å². The Morgan fingerprint density at radius 3 is 2.58 bits per heavy atom. The Labute approximate surface area is 184 Å². The summed E-state index contributed by atoms with van der Waals surface area (Å²) in [7, 11) is 3.25. The van der Waals surface area contributed by atoms with E-state index in [1.807, 2.05) is 35.3 Å². The smallest absolute Gasteiger partial charge is 0.307 e. The highest BCUT2D eigenvalue weighted by atomic mass is 32.2. The Morgan fingerprint density at radius 1 is 1.00 bits per heavy atom. The number of nitrogens with zero attached hydrogens (tertiary/aromatic N) is 3. The zero-order valence-corrected chi connectivity index (χ0v) is 18.1. The Kier molecular flexibility index (Phi) is 5.11. The number of methoxy groups -OCH3 is 2. The molecule has 31 heavy (non-hydrogen) atoms. The van der Waals surface area contributed by atoms with E-state index < -0.39 is 0 Å². The van der Waals surface area contributed by atoms with Crippen LogP contribution in [0, 0.1) is 0 Å². The second-order valence-corrected chi connectivity index (χ2v) is 8.26. The highest BCUT2D eigenvalue weighted by Gasteiger charge is 2.35. The molecule has 0 radical (unpaired) electrons. The molecule has 1 amide bonds. The van der Waals surface area contributed by atoms with Gasteiger partial charge in [0, 0.05) is 12.0 Å². The lowest BCUT2D eigenvalue weighted by atomic mass is 9.95. The Hall–Kier alpha value is -3.32. The third-order valence-electron chi connectivity index (χ3n) is 5.61. The maximum atomic E-state index is 11.8. The monoisotopic (exact) mass is 431 g/mol. The number of amides is 1. The van der Waals surface area contributed by atoms with E-state index >= 15 is 0 Å². The number of fused-ring (bicyclic) bond motifs is 1. The fourth-order valence-electron chi connectivity index (χ4n) is 4.12. The second kappa shape index (κ2) is 8.07. The summed E-state index contributed by atoms with van der Waals surface area (Å²) >= 11 is 1.20. The standard InChI is InChI=1S/C24H21N3O3S/c1-29-21-11-10-16(12-22(21)30-2)20-13-19(26-27(20)23-14-31-24(28)25-23)18-9-5-7-15-6-3-4-8-17(15)18/h3-12,20H,13-14H2,1-2H3. The van der Waals surface area contributed by atoms with Crippen molar-refractivity contribution in [2.24, 2.45) is 10.1 Å². The van der Waals surface area contributed by atoms with Crippen molar-refractivity contribution in [2.75, 3.05) is 20.0 Å². The summed E-state index contributed by atoms with van der Waals surface area (Å²) < 4.78 is 10.9. The molecule has 0 aromatic heterocycles. The number of hydrazone groups is 1. The highest BCUT2D eigenvalue weighted by Crippen LogP contribution is 2.39. The van der Waals surface area contributed by atoms with Gasteiger partial charge in [-0.3, -0.25) is 4.79 Å². The molecule has 7 heteroatoms. The first-order valence-electron chi connectivity index (χ1n) is 9.99. The van der Waals surface area contributed by atoms with Crippen molar-refractivity contribution < 1.29 is 14.3 Å². The van der Waals surface area contributed by atoms with E-state index in [0.717, 1.165) is 22.2 Å². The van der Waals surface area contributed by atoms with Gasteiger partial charge in [-0.2, -0.15) is 10.1 Å². The first kappa shape index (κ1) is 19.6. The SMILES string of the molecule is COc1ccc(C2CC(c3cccc4ccccc34)=NN2C2=NC(=O)SC2)cc1OC. The number of thioether (sulfide) groups is 1. The maximum Gasteiger partial charge on any atom is 0.307 e. The van der Waals surface area contributed by atoms with Crippen molar-refractivity contribution in [3.05, 3.63) is 71.8 Å². The van der Waals surface area contributed by atoms with Crippen LogP contribution in [0.15, 0.2) is 70.8 Å². The number of hydrogen-bond acceptors (Lipinski definition) is 6. The van der Waals surface area contributed by atoms with Crippen molar-refractivity contribution in [3.63, 3.8) is 0 Å². The fourth-order valence-corrected chi connectivity index (χ4v) is 4.74. The molecular weight excluding hydrogens is 410 g/mol. The molecule has 6 nitrogen and oxygen atoms in total. The van der Waals surface area contributed by atoms with Crippen LogP contribution in [0.3, 0.4) is 0 Å². The molecule has 1 atom stereocenters. The van der Waals surface area contributed by atoms with Crippen LogP contribution in [0.2, 0.25) is 0 Å². The predicted molar refractivity (Wildman–Crippen MR) is 125 cm³/mol. The van der Waals surface area contributed by atoms with Crippen LogP contribution in [0.4, 0.5) is 4.79 Å². The summed E-state index contributed by atoms with van der Waals surface area (Å²) in [4.78, 5) is 16.0. The quantitative estimate of drug-likeness (QED) is 0.563. The van der Waals surface area contributed by atoms with Crippen LogP contribution in [0.5, 0.6) is 11.5 Å². The molecule has 0 saturated carbocycles. The summed E-state index contributed by atoms with van der Waals surface area (Å²) in [6.07, 6.45) is 0.696.